The van der Waals surface area contributed by atoms with Crippen molar-refractivity contribution in [2.45, 2.75) is 83.6 Å². The van der Waals surface area contributed by atoms with Gasteiger partial charge in [0.15, 0.2) is 0 Å². The van der Waals surface area contributed by atoms with Crippen LogP contribution < -0.4 is 10.6 Å². The summed E-state index contributed by atoms with van der Waals surface area (Å²) in [6.45, 7) is 4.45. The van der Waals surface area contributed by atoms with Crippen LogP contribution in [-0.2, 0) is 4.79 Å². The number of urea groups is 1. The van der Waals surface area contributed by atoms with E-state index in [1.165, 1.54) is 38.5 Å². The van der Waals surface area contributed by atoms with E-state index < -0.39 is 0 Å². The molecule has 1 saturated heterocycles. The number of amides is 3. The van der Waals surface area contributed by atoms with Gasteiger partial charge in [-0.3, -0.25) is 4.79 Å². The Kier molecular flexibility index (Phi) is 8.40. The molecule has 0 radical (unpaired) electrons. The maximum atomic E-state index is 12.6. The SMILES string of the molecule is CCCCNC(=O)NCCCCC(=O)N1CCCC2CCCCC21. The summed E-state index contributed by atoms with van der Waals surface area (Å²) in [5, 5.41) is 5.71. The van der Waals surface area contributed by atoms with Crippen molar-refractivity contribution in [2.75, 3.05) is 19.6 Å². The maximum absolute atomic E-state index is 12.6. The number of piperidine rings is 1. The van der Waals surface area contributed by atoms with Crippen molar-refractivity contribution >= 4 is 11.9 Å². The van der Waals surface area contributed by atoms with E-state index in [1.54, 1.807) is 0 Å². The molecule has 0 bridgehead atoms. The molecule has 138 valence electrons. The molecule has 2 rings (SSSR count). The number of hydrogen-bond acceptors (Lipinski definition) is 2. The molecule has 1 aliphatic carbocycles. The van der Waals surface area contributed by atoms with Crippen LogP contribution in [-0.4, -0.2) is 42.5 Å². The smallest absolute Gasteiger partial charge is 0.314 e. The van der Waals surface area contributed by atoms with E-state index >= 15 is 0 Å². The quantitative estimate of drug-likeness (QED) is 0.667. The van der Waals surface area contributed by atoms with Gasteiger partial charge in [-0.1, -0.05) is 26.2 Å². The lowest BCUT2D eigenvalue weighted by Gasteiger charge is -2.44. The lowest BCUT2D eigenvalue weighted by Crippen LogP contribution is -2.49. The van der Waals surface area contributed by atoms with Crippen molar-refractivity contribution in [2.24, 2.45) is 5.92 Å². The highest BCUT2D eigenvalue weighted by Gasteiger charge is 2.35. The third-order valence-electron chi connectivity index (χ3n) is 5.48. The van der Waals surface area contributed by atoms with Crippen LogP contribution in [0.2, 0.25) is 0 Å². The van der Waals surface area contributed by atoms with Crippen LogP contribution in [0, 0.1) is 5.92 Å². The molecule has 1 saturated carbocycles. The van der Waals surface area contributed by atoms with Crippen LogP contribution in [0.25, 0.3) is 0 Å². The summed E-state index contributed by atoms with van der Waals surface area (Å²) in [7, 11) is 0. The molecule has 0 aromatic rings. The third-order valence-corrected chi connectivity index (χ3v) is 5.48. The van der Waals surface area contributed by atoms with Crippen molar-refractivity contribution < 1.29 is 9.59 Å². The molecule has 24 heavy (non-hydrogen) atoms. The first kappa shape index (κ1) is 19.1. The van der Waals surface area contributed by atoms with E-state index in [-0.39, 0.29) is 6.03 Å². The molecular weight excluding hydrogens is 302 g/mol. The molecule has 1 heterocycles. The second-order valence-electron chi connectivity index (χ2n) is 7.33. The maximum Gasteiger partial charge on any atom is 0.314 e. The predicted octanol–water partition coefficient (Wildman–Crippen LogP) is 3.44. The Balaban J connectivity index is 1.58. The molecule has 2 fully saturated rings. The van der Waals surface area contributed by atoms with Gasteiger partial charge < -0.3 is 15.5 Å². The number of hydrogen-bond donors (Lipinski definition) is 2. The van der Waals surface area contributed by atoms with Crippen LogP contribution in [0.1, 0.15) is 77.6 Å². The molecule has 5 nitrogen and oxygen atoms in total. The molecule has 2 atom stereocenters. The first-order valence-corrected chi connectivity index (χ1v) is 10.0. The number of nitrogens with zero attached hydrogens (tertiary/aromatic N) is 1. The van der Waals surface area contributed by atoms with Gasteiger partial charge in [0.1, 0.15) is 0 Å². The molecule has 2 N–H and O–H groups in total. The van der Waals surface area contributed by atoms with Gasteiger partial charge in [0.05, 0.1) is 0 Å². The Labute approximate surface area is 146 Å². The van der Waals surface area contributed by atoms with Gasteiger partial charge in [-0.2, -0.15) is 0 Å². The van der Waals surface area contributed by atoms with Gasteiger partial charge in [0, 0.05) is 32.1 Å². The number of fused-ring (bicyclic) bond motifs is 1. The van der Waals surface area contributed by atoms with E-state index in [1.807, 2.05) is 0 Å². The van der Waals surface area contributed by atoms with E-state index in [4.69, 9.17) is 0 Å². The second kappa shape index (κ2) is 10.6. The van der Waals surface area contributed by atoms with Gasteiger partial charge in [0.25, 0.3) is 0 Å². The fourth-order valence-corrected chi connectivity index (χ4v) is 4.12. The van der Waals surface area contributed by atoms with Gasteiger partial charge in [-0.05, 0) is 50.9 Å². The zero-order valence-corrected chi connectivity index (χ0v) is 15.3. The van der Waals surface area contributed by atoms with Crippen molar-refractivity contribution in [3.63, 3.8) is 0 Å². The molecule has 0 spiro atoms. The zero-order chi connectivity index (χ0) is 17.2. The number of carbonyl (C=O) groups excluding carboxylic acids is 2. The molecule has 2 unspecified atom stereocenters. The lowest BCUT2D eigenvalue weighted by atomic mass is 9.78. The summed E-state index contributed by atoms with van der Waals surface area (Å²) in [6.07, 6.45) is 12.1. The summed E-state index contributed by atoms with van der Waals surface area (Å²) in [5.74, 6) is 1.09. The van der Waals surface area contributed by atoms with E-state index in [2.05, 4.69) is 22.5 Å². The van der Waals surface area contributed by atoms with Crippen molar-refractivity contribution in [1.82, 2.24) is 15.5 Å². The monoisotopic (exact) mass is 337 g/mol. The highest BCUT2D eigenvalue weighted by molar-refractivity contribution is 5.76. The largest absolute Gasteiger partial charge is 0.339 e. The Morgan fingerprint density at radius 1 is 0.958 bits per heavy atom. The molecule has 2 aliphatic rings. The second-order valence-corrected chi connectivity index (χ2v) is 7.33. The summed E-state index contributed by atoms with van der Waals surface area (Å²) in [4.78, 5) is 26.3. The zero-order valence-electron chi connectivity index (χ0n) is 15.3. The van der Waals surface area contributed by atoms with Crippen LogP contribution in [0.3, 0.4) is 0 Å². The first-order valence-electron chi connectivity index (χ1n) is 10.0. The minimum atomic E-state index is -0.0872. The fourth-order valence-electron chi connectivity index (χ4n) is 4.12. The molecule has 3 amide bonds. The minimum absolute atomic E-state index is 0.0872. The van der Waals surface area contributed by atoms with Crippen LogP contribution in [0.4, 0.5) is 4.79 Å². The Hall–Kier alpha value is -1.26. The number of rotatable bonds is 8. The van der Waals surface area contributed by atoms with Gasteiger partial charge in [-0.15, -0.1) is 0 Å². The molecule has 0 aromatic heterocycles. The average molecular weight is 338 g/mol. The van der Waals surface area contributed by atoms with Gasteiger partial charge in [-0.25, -0.2) is 4.79 Å². The van der Waals surface area contributed by atoms with Crippen LogP contribution >= 0.6 is 0 Å². The van der Waals surface area contributed by atoms with Gasteiger partial charge in [0.2, 0.25) is 5.91 Å². The summed E-state index contributed by atoms with van der Waals surface area (Å²) < 4.78 is 0. The fraction of sp³-hybridized carbons (Fsp3) is 0.895. The van der Waals surface area contributed by atoms with Crippen LogP contribution in [0.15, 0.2) is 0 Å². The molecule has 0 aromatic carbocycles. The van der Waals surface area contributed by atoms with Crippen LogP contribution in [0.5, 0.6) is 0 Å². The van der Waals surface area contributed by atoms with Crippen molar-refractivity contribution in [3.8, 4) is 0 Å². The Morgan fingerprint density at radius 3 is 2.46 bits per heavy atom. The Morgan fingerprint density at radius 2 is 1.67 bits per heavy atom. The lowest BCUT2D eigenvalue weighted by molar-refractivity contribution is -0.137. The summed E-state index contributed by atoms with van der Waals surface area (Å²) in [6, 6.07) is 0.429. The molecular formula is C19H35N3O2. The molecule has 1 aliphatic heterocycles. The highest BCUT2D eigenvalue weighted by atomic mass is 16.2. The topological polar surface area (TPSA) is 61.4 Å². The normalized spacial score (nSPS) is 23.5. The third kappa shape index (κ3) is 5.99. The highest BCUT2D eigenvalue weighted by Crippen LogP contribution is 2.35. The van der Waals surface area contributed by atoms with Crippen molar-refractivity contribution in [3.05, 3.63) is 0 Å². The predicted molar refractivity (Wildman–Crippen MR) is 96.9 cm³/mol. The van der Waals surface area contributed by atoms with Gasteiger partial charge >= 0.3 is 6.03 Å². The number of carbonyl (C=O) groups is 2. The standard InChI is InChI=1S/C19H35N3O2/c1-2-3-13-20-19(24)21-14-7-6-12-18(23)22-15-8-10-16-9-4-5-11-17(16)22/h16-17H,2-15H2,1H3,(H2,20,21,24). The first-order chi connectivity index (χ1) is 11.7. The number of unbranched alkanes of at least 4 members (excludes halogenated alkanes) is 2. The van der Waals surface area contributed by atoms with E-state index in [0.29, 0.717) is 24.9 Å². The molecule has 5 heteroatoms. The minimum Gasteiger partial charge on any atom is -0.339 e. The van der Waals surface area contributed by atoms with E-state index in [9.17, 15) is 9.59 Å². The summed E-state index contributed by atoms with van der Waals surface area (Å²) >= 11 is 0. The summed E-state index contributed by atoms with van der Waals surface area (Å²) in [5.41, 5.74) is 0. The number of nitrogens with one attached hydrogen (secondary N) is 2. The van der Waals surface area contributed by atoms with E-state index in [0.717, 1.165) is 44.7 Å². The average Bonchev–Trinajstić information content (AvgIpc) is 2.61. The number of likely N-dealkylation sites (tertiary alicyclic amines) is 1. The van der Waals surface area contributed by atoms with Crippen molar-refractivity contribution in [1.29, 1.82) is 0 Å². The Bertz CT molecular complexity index is 398.